The highest BCUT2D eigenvalue weighted by atomic mass is 19.1. The van der Waals surface area contributed by atoms with E-state index in [4.69, 9.17) is 0 Å². The van der Waals surface area contributed by atoms with Gasteiger partial charge in [-0.25, -0.2) is 4.39 Å². The molecule has 17 heavy (non-hydrogen) atoms. The molecule has 1 saturated heterocycles. The van der Waals surface area contributed by atoms with Gasteiger partial charge in [0.1, 0.15) is 5.82 Å². The molecule has 2 unspecified atom stereocenters. The second-order valence-corrected chi connectivity index (χ2v) is 4.98. The lowest BCUT2D eigenvalue weighted by Crippen LogP contribution is -2.48. The Morgan fingerprint density at radius 2 is 2.00 bits per heavy atom. The lowest BCUT2D eigenvalue weighted by Gasteiger charge is -2.38. The van der Waals surface area contributed by atoms with E-state index in [1.54, 1.807) is 0 Å². The number of nitrogens with one attached hydrogen (secondary N) is 1. The van der Waals surface area contributed by atoms with Crippen molar-refractivity contribution >= 4 is 5.69 Å². The van der Waals surface area contributed by atoms with Crippen molar-refractivity contribution in [3.8, 4) is 0 Å². The highest BCUT2D eigenvalue weighted by Gasteiger charge is 2.24. The van der Waals surface area contributed by atoms with Crippen LogP contribution in [-0.2, 0) is 0 Å². The van der Waals surface area contributed by atoms with Crippen LogP contribution >= 0.6 is 0 Å². The van der Waals surface area contributed by atoms with Gasteiger partial charge in [0, 0.05) is 24.8 Å². The summed E-state index contributed by atoms with van der Waals surface area (Å²) >= 11 is 0. The first-order chi connectivity index (χ1) is 8.19. The van der Waals surface area contributed by atoms with Crippen LogP contribution in [0.4, 0.5) is 10.1 Å². The van der Waals surface area contributed by atoms with Crippen molar-refractivity contribution in [3.05, 3.63) is 30.1 Å². The van der Waals surface area contributed by atoms with Crippen molar-refractivity contribution < 1.29 is 4.39 Å². The zero-order valence-corrected chi connectivity index (χ0v) is 10.6. The summed E-state index contributed by atoms with van der Waals surface area (Å²) in [6.07, 6.45) is 1.23. The van der Waals surface area contributed by atoms with Crippen LogP contribution in [0.5, 0.6) is 0 Å². The SMILES string of the molecule is CCNC1CC(C)CN(c2ccc(F)cc2)C1. The van der Waals surface area contributed by atoms with Crippen LogP contribution < -0.4 is 10.2 Å². The van der Waals surface area contributed by atoms with E-state index in [0.29, 0.717) is 12.0 Å². The number of anilines is 1. The fourth-order valence-corrected chi connectivity index (χ4v) is 2.65. The summed E-state index contributed by atoms with van der Waals surface area (Å²) in [5, 5.41) is 3.51. The van der Waals surface area contributed by atoms with Gasteiger partial charge in [-0.3, -0.25) is 0 Å². The number of benzene rings is 1. The average molecular weight is 236 g/mol. The van der Waals surface area contributed by atoms with E-state index in [1.807, 2.05) is 12.1 Å². The molecule has 1 aromatic carbocycles. The number of nitrogens with zero attached hydrogens (tertiary/aromatic N) is 1. The molecule has 94 valence electrons. The Labute approximate surface area is 103 Å². The number of hydrogen-bond donors (Lipinski definition) is 1. The Kier molecular flexibility index (Phi) is 4.00. The number of halogens is 1. The molecule has 2 atom stereocenters. The Morgan fingerprint density at radius 3 is 2.65 bits per heavy atom. The monoisotopic (exact) mass is 236 g/mol. The maximum Gasteiger partial charge on any atom is 0.123 e. The van der Waals surface area contributed by atoms with Crippen LogP contribution in [0.2, 0.25) is 0 Å². The predicted octanol–water partition coefficient (Wildman–Crippen LogP) is 2.65. The molecule has 1 aliphatic rings. The first-order valence-corrected chi connectivity index (χ1v) is 6.43. The van der Waals surface area contributed by atoms with Gasteiger partial charge in [0.2, 0.25) is 0 Å². The third-order valence-electron chi connectivity index (χ3n) is 3.34. The number of hydrogen-bond acceptors (Lipinski definition) is 2. The quantitative estimate of drug-likeness (QED) is 0.868. The van der Waals surface area contributed by atoms with E-state index in [-0.39, 0.29) is 5.82 Å². The van der Waals surface area contributed by atoms with E-state index >= 15 is 0 Å². The first-order valence-electron chi connectivity index (χ1n) is 6.43. The highest BCUT2D eigenvalue weighted by Crippen LogP contribution is 2.23. The van der Waals surface area contributed by atoms with Gasteiger partial charge >= 0.3 is 0 Å². The molecule has 0 spiro atoms. The van der Waals surface area contributed by atoms with Crippen molar-refractivity contribution in [1.82, 2.24) is 5.32 Å². The molecule has 2 rings (SSSR count). The molecule has 3 heteroatoms. The van der Waals surface area contributed by atoms with Crippen molar-refractivity contribution in [2.75, 3.05) is 24.5 Å². The Balaban J connectivity index is 2.06. The first kappa shape index (κ1) is 12.4. The lowest BCUT2D eigenvalue weighted by molar-refractivity contribution is 0.356. The highest BCUT2D eigenvalue weighted by molar-refractivity contribution is 5.47. The third-order valence-corrected chi connectivity index (χ3v) is 3.34. The average Bonchev–Trinajstić information content (AvgIpc) is 2.29. The molecule has 1 fully saturated rings. The van der Waals surface area contributed by atoms with E-state index in [0.717, 1.165) is 25.3 Å². The summed E-state index contributed by atoms with van der Waals surface area (Å²) in [5.41, 5.74) is 1.13. The molecule has 0 aliphatic carbocycles. The summed E-state index contributed by atoms with van der Waals surface area (Å²) in [4.78, 5) is 2.35. The molecule has 0 saturated carbocycles. The molecule has 1 heterocycles. The molecule has 0 amide bonds. The van der Waals surface area contributed by atoms with E-state index in [1.165, 1.54) is 18.6 Å². The van der Waals surface area contributed by atoms with Crippen LogP contribution in [-0.4, -0.2) is 25.7 Å². The maximum atomic E-state index is 12.9. The molecule has 2 nitrogen and oxygen atoms in total. The van der Waals surface area contributed by atoms with E-state index in [9.17, 15) is 4.39 Å². The molecule has 0 bridgehead atoms. The van der Waals surface area contributed by atoms with Crippen LogP contribution in [0.3, 0.4) is 0 Å². The summed E-state index contributed by atoms with van der Waals surface area (Å²) in [7, 11) is 0. The van der Waals surface area contributed by atoms with Crippen LogP contribution in [0.15, 0.2) is 24.3 Å². The Hall–Kier alpha value is -1.09. The second kappa shape index (κ2) is 5.50. The number of rotatable bonds is 3. The van der Waals surface area contributed by atoms with Gasteiger partial charge in [0.05, 0.1) is 0 Å². The van der Waals surface area contributed by atoms with Gasteiger partial charge in [-0.2, -0.15) is 0 Å². The summed E-state index contributed by atoms with van der Waals surface area (Å²) in [6.45, 7) is 7.51. The van der Waals surface area contributed by atoms with Gasteiger partial charge in [0.15, 0.2) is 0 Å². The fraction of sp³-hybridized carbons (Fsp3) is 0.571. The van der Waals surface area contributed by atoms with Gasteiger partial charge in [-0.05, 0) is 43.1 Å². The molecular weight excluding hydrogens is 215 g/mol. The molecule has 1 aliphatic heterocycles. The summed E-state index contributed by atoms with van der Waals surface area (Å²) in [6, 6.07) is 7.37. The van der Waals surface area contributed by atoms with E-state index in [2.05, 4.69) is 24.1 Å². The van der Waals surface area contributed by atoms with Gasteiger partial charge in [-0.1, -0.05) is 13.8 Å². The minimum Gasteiger partial charge on any atom is -0.370 e. The van der Waals surface area contributed by atoms with Crippen molar-refractivity contribution in [2.24, 2.45) is 5.92 Å². The Morgan fingerprint density at radius 1 is 1.29 bits per heavy atom. The van der Waals surface area contributed by atoms with Crippen LogP contribution in [0, 0.1) is 11.7 Å². The largest absolute Gasteiger partial charge is 0.370 e. The topological polar surface area (TPSA) is 15.3 Å². The van der Waals surface area contributed by atoms with Crippen LogP contribution in [0.25, 0.3) is 0 Å². The lowest BCUT2D eigenvalue weighted by atomic mass is 9.95. The van der Waals surface area contributed by atoms with Gasteiger partial charge < -0.3 is 10.2 Å². The molecule has 1 N–H and O–H groups in total. The normalized spacial score (nSPS) is 25.0. The maximum absolute atomic E-state index is 12.9. The smallest absolute Gasteiger partial charge is 0.123 e. The molecule has 0 radical (unpaired) electrons. The molecule has 1 aromatic rings. The second-order valence-electron chi connectivity index (χ2n) is 4.98. The number of piperidine rings is 1. The minimum atomic E-state index is -0.165. The van der Waals surface area contributed by atoms with Crippen molar-refractivity contribution in [3.63, 3.8) is 0 Å². The minimum absolute atomic E-state index is 0.165. The summed E-state index contributed by atoms with van der Waals surface area (Å²) in [5.74, 6) is 0.514. The van der Waals surface area contributed by atoms with Crippen molar-refractivity contribution in [1.29, 1.82) is 0 Å². The third kappa shape index (κ3) is 3.19. The fourth-order valence-electron chi connectivity index (χ4n) is 2.65. The predicted molar refractivity (Wildman–Crippen MR) is 69.9 cm³/mol. The zero-order chi connectivity index (χ0) is 12.3. The summed E-state index contributed by atoms with van der Waals surface area (Å²) < 4.78 is 12.9. The standard InChI is InChI=1S/C14H21FN2/c1-3-16-13-8-11(2)9-17(10-13)14-6-4-12(15)5-7-14/h4-7,11,13,16H,3,8-10H2,1-2H3. The van der Waals surface area contributed by atoms with Gasteiger partial charge in [-0.15, -0.1) is 0 Å². The Bertz CT molecular complexity index is 350. The van der Waals surface area contributed by atoms with Gasteiger partial charge in [0.25, 0.3) is 0 Å². The zero-order valence-electron chi connectivity index (χ0n) is 10.6. The van der Waals surface area contributed by atoms with Crippen molar-refractivity contribution in [2.45, 2.75) is 26.3 Å². The molecular formula is C14H21FN2. The number of likely N-dealkylation sites (N-methyl/N-ethyl adjacent to an activating group) is 1. The molecule has 0 aromatic heterocycles. The van der Waals surface area contributed by atoms with E-state index < -0.39 is 0 Å². The van der Waals surface area contributed by atoms with Crippen LogP contribution in [0.1, 0.15) is 20.3 Å².